The number of ether oxygens (including phenoxy) is 1. The van der Waals surface area contributed by atoms with Gasteiger partial charge in [0.05, 0.1) is 28.9 Å². The van der Waals surface area contributed by atoms with Crippen LogP contribution >= 0.6 is 0 Å². The van der Waals surface area contributed by atoms with Crippen LogP contribution < -0.4 is 15.5 Å². The number of β-amino-alcohol motifs (C(OH)–C–C–N with tert-alkyl or cyclic N) is 1. The number of imide groups is 1. The normalized spacial score (nSPS) is 22.2. The second-order valence-electron chi connectivity index (χ2n) is 17.0. The van der Waals surface area contributed by atoms with Gasteiger partial charge in [0.25, 0.3) is 0 Å². The number of hydrogen-bond donors (Lipinski definition) is 3. The Hall–Kier alpha value is -5.93. The standard InChI is InChI=1S/C46H52FN9O5/c1-53-39-27-34(12-15-36(39)42(52-53)37-16-17-40(57)50-43(37)58)55-24-22-54(23-25-55)29-46(60)18-20-56(21-19-46)45(59)61-35-13-10-33(11-14-35)49-44-48-28-38(47)41(51-44)32-9-5-8-31(26-32)30-6-3-2-4-7-30/h2-9,12,15,26-28,33,35,37,60H,10-11,13-14,16-25,29H2,1H3,(H,48,49,51)(H,50,57,58)/t33-,35-,37?. The molecule has 1 saturated carbocycles. The van der Waals surface area contributed by atoms with Gasteiger partial charge in [-0.2, -0.15) is 5.10 Å². The molecule has 0 radical (unpaired) electrons. The topological polar surface area (TPSA) is 158 Å². The lowest BCUT2D eigenvalue weighted by atomic mass is 9.90. The number of piperidine rings is 2. The summed E-state index contributed by atoms with van der Waals surface area (Å²) in [6.45, 7) is 4.64. The molecule has 4 fully saturated rings. The average molecular weight is 830 g/mol. The van der Waals surface area contributed by atoms with Crippen LogP contribution in [-0.4, -0.2) is 116 Å². The van der Waals surface area contributed by atoms with Gasteiger partial charge in [-0.3, -0.25) is 24.5 Å². The molecule has 1 aliphatic carbocycles. The molecule has 4 aliphatic rings. The van der Waals surface area contributed by atoms with E-state index < -0.39 is 17.3 Å². The second-order valence-corrected chi connectivity index (χ2v) is 17.0. The molecule has 9 rings (SSSR count). The molecule has 61 heavy (non-hydrogen) atoms. The Bertz CT molecular complexity index is 2400. The Balaban J connectivity index is 0.713. The van der Waals surface area contributed by atoms with Gasteiger partial charge in [0.2, 0.25) is 17.8 Å². The number of amides is 3. The summed E-state index contributed by atoms with van der Waals surface area (Å²) in [5.41, 5.74) is 4.80. The Morgan fingerprint density at radius 3 is 2.39 bits per heavy atom. The molecule has 3 amide bonds. The van der Waals surface area contributed by atoms with Gasteiger partial charge >= 0.3 is 6.09 Å². The summed E-state index contributed by atoms with van der Waals surface area (Å²) < 4.78 is 22.7. The highest BCUT2D eigenvalue weighted by molar-refractivity contribution is 6.02. The summed E-state index contributed by atoms with van der Waals surface area (Å²) in [6, 6.07) is 23.9. The third-order valence-corrected chi connectivity index (χ3v) is 12.9. The lowest BCUT2D eigenvalue weighted by molar-refractivity contribution is -0.134. The van der Waals surface area contributed by atoms with Crippen molar-refractivity contribution in [2.75, 3.05) is 56.0 Å². The summed E-state index contributed by atoms with van der Waals surface area (Å²) in [5.74, 6) is -1.08. The van der Waals surface area contributed by atoms with Gasteiger partial charge in [0.15, 0.2) is 5.82 Å². The maximum Gasteiger partial charge on any atom is 0.410 e. The molecule has 3 saturated heterocycles. The molecular formula is C46H52FN9O5. The first-order valence-electron chi connectivity index (χ1n) is 21.5. The third-order valence-electron chi connectivity index (χ3n) is 12.9. The number of fused-ring (bicyclic) bond motifs is 1. The fraction of sp³-hybridized carbons (Fsp3) is 0.435. The van der Waals surface area contributed by atoms with Gasteiger partial charge in [-0.1, -0.05) is 48.5 Å². The van der Waals surface area contributed by atoms with Gasteiger partial charge in [-0.05, 0) is 80.3 Å². The lowest BCUT2D eigenvalue weighted by Gasteiger charge is -2.43. The summed E-state index contributed by atoms with van der Waals surface area (Å²) in [6.07, 6.45) is 5.34. The fourth-order valence-electron chi connectivity index (χ4n) is 9.37. The Kier molecular flexibility index (Phi) is 11.4. The zero-order valence-corrected chi connectivity index (χ0v) is 34.4. The van der Waals surface area contributed by atoms with Crippen LogP contribution in [-0.2, 0) is 21.4 Å². The molecule has 0 spiro atoms. The van der Waals surface area contributed by atoms with Crippen LogP contribution in [0.5, 0.6) is 0 Å². The van der Waals surface area contributed by atoms with Crippen LogP contribution in [0.2, 0.25) is 0 Å². The molecule has 1 unspecified atom stereocenters. The number of carbonyl (C=O) groups excluding carboxylic acids is 3. The molecular weight excluding hydrogens is 778 g/mol. The van der Waals surface area contributed by atoms with Crippen molar-refractivity contribution in [2.24, 2.45) is 7.05 Å². The predicted molar refractivity (Wildman–Crippen MR) is 229 cm³/mol. The molecule has 5 aromatic rings. The first-order chi connectivity index (χ1) is 29.6. The van der Waals surface area contributed by atoms with E-state index in [1.807, 2.05) is 72.4 Å². The highest BCUT2D eigenvalue weighted by Crippen LogP contribution is 2.34. The molecule has 0 bridgehead atoms. The molecule has 318 valence electrons. The SMILES string of the molecule is Cn1nc(C2CCC(=O)NC2=O)c2ccc(N3CCN(CC4(O)CCN(C(=O)O[C@H]5CC[C@H](Nc6ncc(F)c(-c7cccc(-c8ccccc8)c7)n6)CC5)CC4)CC3)cc21. The van der Waals surface area contributed by atoms with E-state index in [9.17, 15) is 23.9 Å². The van der Waals surface area contributed by atoms with Crippen LogP contribution in [0.4, 0.5) is 20.8 Å². The molecule has 15 heteroatoms. The van der Waals surface area contributed by atoms with Gasteiger partial charge in [-0.25, -0.2) is 19.2 Å². The summed E-state index contributed by atoms with van der Waals surface area (Å²) in [4.78, 5) is 52.6. The molecule has 14 nitrogen and oxygen atoms in total. The molecule has 2 aromatic heterocycles. The average Bonchev–Trinajstić information content (AvgIpc) is 3.60. The van der Waals surface area contributed by atoms with Crippen LogP contribution in [0.25, 0.3) is 33.3 Å². The van der Waals surface area contributed by atoms with E-state index >= 15 is 0 Å². The number of rotatable bonds is 9. The number of likely N-dealkylation sites (tertiary alicyclic amines) is 1. The van der Waals surface area contributed by atoms with Gasteiger partial charge < -0.3 is 25.0 Å². The van der Waals surface area contributed by atoms with Crippen LogP contribution in [0.1, 0.15) is 63.0 Å². The molecule has 3 aromatic carbocycles. The number of anilines is 2. The minimum atomic E-state index is -0.879. The van der Waals surface area contributed by atoms with Gasteiger partial charge in [-0.15, -0.1) is 0 Å². The Morgan fingerprint density at radius 1 is 0.902 bits per heavy atom. The van der Waals surface area contributed by atoms with Crippen molar-refractivity contribution in [3.05, 3.63) is 90.5 Å². The zero-order valence-electron chi connectivity index (χ0n) is 34.4. The van der Waals surface area contributed by atoms with Crippen molar-refractivity contribution >= 4 is 40.4 Å². The van der Waals surface area contributed by atoms with Crippen LogP contribution in [0, 0.1) is 5.82 Å². The highest BCUT2D eigenvalue weighted by atomic mass is 19.1. The smallest absolute Gasteiger partial charge is 0.410 e. The van der Waals surface area contributed by atoms with E-state index in [2.05, 4.69) is 47.6 Å². The third kappa shape index (κ3) is 8.94. The minimum Gasteiger partial charge on any atom is -0.446 e. The fourth-order valence-corrected chi connectivity index (χ4v) is 9.37. The highest BCUT2D eigenvalue weighted by Gasteiger charge is 2.38. The van der Waals surface area contributed by atoms with Gasteiger partial charge in [0.1, 0.15) is 11.8 Å². The van der Waals surface area contributed by atoms with E-state index in [0.29, 0.717) is 75.4 Å². The molecule has 5 heterocycles. The first kappa shape index (κ1) is 40.5. The minimum absolute atomic E-state index is 0.0700. The van der Waals surface area contributed by atoms with Crippen molar-refractivity contribution in [3.8, 4) is 22.4 Å². The number of benzene rings is 3. The summed E-state index contributed by atoms with van der Waals surface area (Å²) in [5, 5.41) is 23.0. The first-order valence-corrected chi connectivity index (χ1v) is 21.5. The number of hydrogen-bond acceptors (Lipinski definition) is 11. The Labute approximate surface area is 354 Å². The van der Waals surface area contributed by atoms with E-state index in [0.717, 1.165) is 66.7 Å². The molecule has 1 atom stereocenters. The quantitative estimate of drug-likeness (QED) is 0.153. The largest absolute Gasteiger partial charge is 0.446 e. The number of nitrogens with one attached hydrogen (secondary N) is 2. The van der Waals surface area contributed by atoms with E-state index in [4.69, 9.17) is 4.74 Å². The van der Waals surface area contributed by atoms with Crippen LogP contribution in [0.15, 0.2) is 79.0 Å². The maximum atomic E-state index is 15.0. The monoisotopic (exact) mass is 829 g/mol. The Morgan fingerprint density at radius 2 is 1.64 bits per heavy atom. The molecule has 3 N–H and O–H groups in total. The number of halogens is 1. The number of aromatic nitrogens is 4. The second kappa shape index (κ2) is 17.2. The zero-order chi connectivity index (χ0) is 42.1. The summed E-state index contributed by atoms with van der Waals surface area (Å²) >= 11 is 0. The van der Waals surface area contributed by atoms with Crippen molar-refractivity contribution < 1.29 is 28.6 Å². The van der Waals surface area contributed by atoms with Crippen molar-refractivity contribution in [1.82, 2.24) is 34.9 Å². The maximum absolute atomic E-state index is 15.0. The van der Waals surface area contributed by atoms with Crippen molar-refractivity contribution in [3.63, 3.8) is 0 Å². The predicted octanol–water partition coefficient (Wildman–Crippen LogP) is 5.87. The number of aliphatic hydroxyl groups is 1. The van der Waals surface area contributed by atoms with E-state index in [1.165, 1.54) is 6.20 Å². The summed E-state index contributed by atoms with van der Waals surface area (Å²) in [7, 11) is 1.88. The van der Waals surface area contributed by atoms with E-state index in [-0.39, 0.29) is 35.7 Å². The van der Waals surface area contributed by atoms with Crippen molar-refractivity contribution in [2.45, 2.75) is 75.0 Å². The number of carbonyl (C=O) groups is 3. The van der Waals surface area contributed by atoms with Gasteiger partial charge in [0, 0.05) is 82.0 Å². The van der Waals surface area contributed by atoms with Crippen molar-refractivity contribution in [1.29, 1.82) is 0 Å². The number of piperazine rings is 1. The van der Waals surface area contributed by atoms with E-state index in [1.54, 1.807) is 4.90 Å². The molecule has 3 aliphatic heterocycles. The lowest BCUT2D eigenvalue weighted by Crippen LogP contribution is -2.56. The van der Waals surface area contributed by atoms with Crippen LogP contribution in [0.3, 0.4) is 0 Å². The number of nitrogens with zero attached hydrogens (tertiary/aromatic N) is 7. The number of aryl methyl sites for hydroxylation is 1.